The van der Waals surface area contributed by atoms with Crippen LogP contribution in [0.15, 0.2) is 30.3 Å². The van der Waals surface area contributed by atoms with Crippen LogP contribution in [-0.4, -0.2) is 13.2 Å². The number of aryl methyl sites for hydroxylation is 1. The largest absolute Gasteiger partial charge is 0.453 e. The van der Waals surface area contributed by atoms with E-state index in [1.54, 1.807) is 0 Å². The zero-order valence-corrected chi connectivity index (χ0v) is 7.99. The number of carbonyl (C=O) groups is 1. The molecule has 0 aliphatic rings. The third kappa shape index (κ3) is 6.87. The maximum Gasteiger partial charge on any atom is 0.404 e. The lowest BCUT2D eigenvalue weighted by molar-refractivity contribution is 0.182. The molecule has 0 saturated heterocycles. The van der Waals surface area contributed by atoms with Crippen LogP contribution in [0.1, 0.15) is 12.5 Å². The molecule has 3 heteroatoms. The summed E-state index contributed by atoms with van der Waals surface area (Å²) < 4.78 is 3.89. The highest BCUT2D eigenvalue weighted by atomic mass is 16.5. The van der Waals surface area contributed by atoms with Gasteiger partial charge in [0, 0.05) is 0 Å². The molecule has 0 aromatic heterocycles. The van der Waals surface area contributed by atoms with E-state index in [1.165, 1.54) is 12.7 Å². The standard InChI is InChI=1S/C8H10.C2H5NO2/c1-2-8-6-4-3-5-7-8;1-5-2(3)4/h3-7H,2H2,1H3;1H3,(H2,3,4). The van der Waals surface area contributed by atoms with Gasteiger partial charge in [-0.1, -0.05) is 37.3 Å². The molecule has 0 radical (unpaired) electrons. The molecule has 72 valence electrons. The fourth-order valence-electron chi connectivity index (χ4n) is 0.714. The molecule has 1 aromatic rings. The van der Waals surface area contributed by atoms with Gasteiger partial charge in [0.25, 0.3) is 0 Å². The average molecular weight is 181 g/mol. The summed E-state index contributed by atoms with van der Waals surface area (Å²) in [5.74, 6) is 0. The van der Waals surface area contributed by atoms with E-state index in [1.807, 2.05) is 6.07 Å². The Hall–Kier alpha value is -1.51. The smallest absolute Gasteiger partial charge is 0.404 e. The molecule has 0 saturated carbocycles. The van der Waals surface area contributed by atoms with Crippen LogP contribution >= 0.6 is 0 Å². The van der Waals surface area contributed by atoms with Crippen LogP contribution in [0.4, 0.5) is 4.79 Å². The normalized spacial score (nSPS) is 8.15. The minimum atomic E-state index is -0.745. The van der Waals surface area contributed by atoms with Crippen LogP contribution in [0, 0.1) is 0 Å². The van der Waals surface area contributed by atoms with E-state index >= 15 is 0 Å². The van der Waals surface area contributed by atoms with E-state index in [2.05, 4.69) is 41.7 Å². The number of carbonyl (C=O) groups excluding carboxylic acids is 1. The van der Waals surface area contributed by atoms with Crippen molar-refractivity contribution < 1.29 is 9.53 Å². The van der Waals surface area contributed by atoms with E-state index in [0.717, 1.165) is 6.42 Å². The Kier molecular flexibility index (Phi) is 6.32. The summed E-state index contributed by atoms with van der Waals surface area (Å²) in [4.78, 5) is 9.37. The monoisotopic (exact) mass is 181 g/mol. The van der Waals surface area contributed by atoms with Crippen LogP contribution in [0.2, 0.25) is 0 Å². The summed E-state index contributed by atoms with van der Waals surface area (Å²) in [7, 11) is 1.22. The van der Waals surface area contributed by atoms with Gasteiger partial charge in [0.05, 0.1) is 7.11 Å². The van der Waals surface area contributed by atoms with Crippen molar-refractivity contribution in [1.82, 2.24) is 0 Å². The molecule has 1 amide bonds. The Balaban J connectivity index is 0.000000252. The van der Waals surface area contributed by atoms with Gasteiger partial charge in [0.1, 0.15) is 0 Å². The second-order valence-corrected chi connectivity index (χ2v) is 2.36. The Bertz CT molecular complexity index is 234. The Labute approximate surface area is 78.5 Å². The third-order valence-corrected chi connectivity index (χ3v) is 1.45. The van der Waals surface area contributed by atoms with E-state index < -0.39 is 6.09 Å². The predicted molar refractivity (Wildman–Crippen MR) is 52.4 cm³/mol. The second-order valence-electron chi connectivity index (χ2n) is 2.36. The highest BCUT2D eigenvalue weighted by Crippen LogP contribution is 1.96. The molecule has 1 rings (SSSR count). The van der Waals surface area contributed by atoms with Crippen LogP contribution in [-0.2, 0) is 11.2 Å². The highest BCUT2D eigenvalue weighted by Gasteiger charge is 1.80. The van der Waals surface area contributed by atoms with Gasteiger partial charge in [0.2, 0.25) is 0 Å². The first kappa shape index (κ1) is 11.5. The number of hydrogen-bond acceptors (Lipinski definition) is 2. The summed E-state index contributed by atoms with van der Waals surface area (Å²) in [5, 5.41) is 0. The molecule has 0 fully saturated rings. The van der Waals surface area contributed by atoms with Crippen molar-refractivity contribution in [2.45, 2.75) is 13.3 Å². The maximum atomic E-state index is 9.37. The van der Waals surface area contributed by atoms with E-state index in [4.69, 9.17) is 0 Å². The van der Waals surface area contributed by atoms with Crippen molar-refractivity contribution in [2.75, 3.05) is 7.11 Å². The molecule has 0 bridgehead atoms. The van der Waals surface area contributed by atoms with Gasteiger partial charge < -0.3 is 10.5 Å². The zero-order chi connectivity index (χ0) is 10.1. The predicted octanol–water partition coefficient (Wildman–Crippen LogP) is 1.96. The number of hydrogen-bond donors (Lipinski definition) is 1. The van der Waals surface area contributed by atoms with Crippen molar-refractivity contribution in [3.63, 3.8) is 0 Å². The van der Waals surface area contributed by atoms with Gasteiger partial charge in [-0.05, 0) is 12.0 Å². The Morgan fingerprint density at radius 1 is 1.38 bits per heavy atom. The van der Waals surface area contributed by atoms with E-state index in [9.17, 15) is 4.79 Å². The molecule has 2 N–H and O–H groups in total. The molecule has 1 aromatic carbocycles. The zero-order valence-electron chi connectivity index (χ0n) is 7.99. The number of rotatable bonds is 1. The summed E-state index contributed by atoms with van der Waals surface area (Å²) in [5.41, 5.74) is 5.84. The van der Waals surface area contributed by atoms with Crippen molar-refractivity contribution in [3.8, 4) is 0 Å². The number of amides is 1. The van der Waals surface area contributed by atoms with Crippen molar-refractivity contribution in [1.29, 1.82) is 0 Å². The first-order chi connectivity index (χ1) is 6.20. The first-order valence-corrected chi connectivity index (χ1v) is 4.08. The molecule has 13 heavy (non-hydrogen) atoms. The Morgan fingerprint density at radius 2 is 1.85 bits per heavy atom. The molecule has 0 heterocycles. The molecule has 0 aliphatic carbocycles. The van der Waals surface area contributed by atoms with Gasteiger partial charge in [-0.15, -0.1) is 0 Å². The van der Waals surface area contributed by atoms with Gasteiger partial charge in [0.15, 0.2) is 0 Å². The summed E-state index contributed by atoms with van der Waals surface area (Å²) in [6.07, 6.45) is 0.394. The van der Waals surface area contributed by atoms with Crippen LogP contribution in [0.25, 0.3) is 0 Å². The summed E-state index contributed by atoms with van der Waals surface area (Å²) in [6.45, 7) is 2.16. The van der Waals surface area contributed by atoms with Gasteiger partial charge in [-0.2, -0.15) is 0 Å². The molecule has 0 aliphatic heterocycles. The number of nitrogens with two attached hydrogens (primary N) is 1. The average Bonchev–Trinajstić information content (AvgIpc) is 2.20. The number of primary amides is 1. The van der Waals surface area contributed by atoms with Crippen molar-refractivity contribution in [3.05, 3.63) is 35.9 Å². The number of ether oxygens (including phenoxy) is 1. The lowest BCUT2D eigenvalue weighted by Gasteiger charge is -1.89. The van der Waals surface area contributed by atoms with Crippen LogP contribution in [0.3, 0.4) is 0 Å². The third-order valence-electron chi connectivity index (χ3n) is 1.45. The molecule has 0 atom stereocenters. The minimum Gasteiger partial charge on any atom is -0.453 e. The van der Waals surface area contributed by atoms with E-state index in [0.29, 0.717) is 0 Å². The molecule has 0 unspecified atom stereocenters. The van der Waals surface area contributed by atoms with Crippen LogP contribution < -0.4 is 5.73 Å². The lowest BCUT2D eigenvalue weighted by Crippen LogP contribution is -2.08. The topological polar surface area (TPSA) is 52.3 Å². The lowest BCUT2D eigenvalue weighted by atomic mass is 10.2. The molecule has 3 nitrogen and oxygen atoms in total. The summed E-state index contributed by atoms with van der Waals surface area (Å²) in [6, 6.07) is 10.5. The van der Waals surface area contributed by atoms with Gasteiger partial charge >= 0.3 is 6.09 Å². The fraction of sp³-hybridized carbons (Fsp3) is 0.300. The van der Waals surface area contributed by atoms with Crippen molar-refractivity contribution >= 4 is 6.09 Å². The van der Waals surface area contributed by atoms with Gasteiger partial charge in [-0.3, -0.25) is 0 Å². The maximum absolute atomic E-state index is 9.37. The van der Waals surface area contributed by atoms with Gasteiger partial charge in [-0.25, -0.2) is 4.79 Å². The SMILES string of the molecule is CCc1ccccc1.COC(N)=O. The fourth-order valence-corrected chi connectivity index (χ4v) is 0.714. The second kappa shape index (κ2) is 7.16. The van der Waals surface area contributed by atoms with E-state index in [-0.39, 0.29) is 0 Å². The minimum absolute atomic E-state index is 0.745. The number of benzene rings is 1. The first-order valence-electron chi connectivity index (χ1n) is 4.08. The molecule has 0 spiro atoms. The summed E-state index contributed by atoms with van der Waals surface area (Å²) >= 11 is 0. The molecular formula is C10H15NO2. The number of methoxy groups -OCH3 is 1. The Morgan fingerprint density at radius 3 is 2.08 bits per heavy atom. The highest BCUT2D eigenvalue weighted by molar-refractivity contribution is 5.64. The molecular weight excluding hydrogens is 166 g/mol. The van der Waals surface area contributed by atoms with Crippen molar-refractivity contribution in [2.24, 2.45) is 5.73 Å². The van der Waals surface area contributed by atoms with Crippen LogP contribution in [0.5, 0.6) is 0 Å². The quantitative estimate of drug-likeness (QED) is 0.720.